The van der Waals surface area contributed by atoms with E-state index in [0.717, 1.165) is 22.4 Å². The van der Waals surface area contributed by atoms with Crippen molar-refractivity contribution < 1.29 is 4.74 Å². The third kappa shape index (κ3) is 1.88. The molecule has 0 fully saturated rings. The number of ether oxygens (including phenoxy) is 1. The molecule has 2 aromatic heterocycles. The summed E-state index contributed by atoms with van der Waals surface area (Å²) < 4.78 is 5.99. The Bertz CT molecular complexity index is 777. The van der Waals surface area contributed by atoms with E-state index >= 15 is 0 Å². The fraction of sp³-hybridized carbons (Fsp3) is 0.250. The van der Waals surface area contributed by atoms with Gasteiger partial charge in [-0.25, -0.2) is 9.97 Å². The molecule has 0 N–H and O–H groups in total. The first-order chi connectivity index (χ1) is 9.81. The van der Waals surface area contributed by atoms with E-state index in [4.69, 9.17) is 4.74 Å². The van der Waals surface area contributed by atoms with E-state index in [1.165, 1.54) is 28.8 Å². The number of hydrogen-bond acceptors (Lipinski definition) is 4. The van der Waals surface area contributed by atoms with Gasteiger partial charge in [0.2, 0.25) is 5.88 Å². The molecule has 0 unspecified atom stereocenters. The number of benzene rings is 1. The van der Waals surface area contributed by atoms with Crippen molar-refractivity contribution in [1.29, 1.82) is 0 Å². The van der Waals surface area contributed by atoms with Crippen molar-refractivity contribution >= 4 is 21.6 Å². The van der Waals surface area contributed by atoms with Crippen LogP contribution >= 0.6 is 11.3 Å². The van der Waals surface area contributed by atoms with E-state index < -0.39 is 0 Å². The lowest BCUT2D eigenvalue weighted by Gasteiger charge is -2.06. The highest BCUT2D eigenvalue weighted by Crippen LogP contribution is 2.40. The molecule has 0 saturated heterocycles. The Morgan fingerprint density at radius 2 is 1.95 bits per heavy atom. The summed E-state index contributed by atoms with van der Waals surface area (Å²) in [5.41, 5.74) is 2.62. The van der Waals surface area contributed by atoms with E-state index in [9.17, 15) is 0 Å². The number of nitrogens with zero attached hydrogens (tertiary/aromatic N) is 2. The molecular formula is C16H14N2OS. The van der Waals surface area contributed by atoms with Gasteiger partial charge in [0.1, 0.15) is 16.9 Å². The molecule has 0 saturated carbocycles. The molecule has 1 aliphatic rings. The van der Waals surface area contributed by atoms with Crippen LogP contribution < -0.4 is 4.74 Å². The smallest absolute Gasteiger partial charge is 0.231 e. The lowest BCUT2D eigenvalue weighted by Crippen LogP contribution is -1.91. The normalized spacial score (nSPS) is 13.7. The maximum absolute atomic E-state index is 5.99. The third-order valence-corrected chi connectivity index (χ3v) is 4.90. The van der Waals surface area contributed by atoms with Gasteiger partial charge in [0, 0.05) is 4.88 Å². The molecule has 0 bridgehead atoms. The predicted molar refractivity (Wildman–Crippen MR) is 80.7 cm³/mol. The van der Waals surface area contributed by atoms with E-state index in [-0.39, 0.29) is 0 Å². The monoisotopic (exact) mass is 282 g/mol. The molecular weight excluding hydrogens is 268 g/mol. The molecule has 3 nitrogen and oxygen atoms in total. The highest BCUT2D eigenvalue weighted by Gasteiger charge is 2.22. The Balaban J connectivity index is 1.81. The SMILES string of the molecule is Cc1ccc(Oc2ncnc3sc4c(c23)CCC4)cc1. The summed E-state index contributed by atoms with van der Waals surface area (Å²) in [5, 5.41) is 1.12. The highest BCUT2D eigenvalue weighted by molar-refractivity contribution is 7.18. The van der Waals surface area contributed by atoms with Gasteiger partial charge >= 0.3 is 0 Å². The fourth-order valence-corrected chi connectivity index (χ4v) is 3.91. The summed E-state index contributed by atoms with van der Waals surface area (Å²) in [6, 6.07) is 8.06. The summed E-state index contributed by atoms with van der Waals surface area (Å²) in [4.78, 5) is 11.2. The summed E-state index contributed by atoms with van der Waals surface area (Å²) in [7, 11) is 0. The molecule has 1 aromatic carbocycles. The molecule has 1 aliphatic carbocycles. The van der Waals surface area contributed by atoms with Crippen molar-refractivity contribution in [2.24, 2.45) is 0 Å². The van der Waals surface area contributed by atoms with E-state index in [2.05, 4.69) is 16.9 Å². The third-order valence-electron chi connectivity index (χ3n) is 3.70. The molecule has 0 amide bonds. The Hall–Kier alpha value is -1.94. The Labute approximate surface area is 121 Å². The zero-order valence-corrected chi connectivity index (χ0v) is 12.0. The quantitative estimate of drug-likeness (QED) is 0.703. The molecule has 0 radical (unpaired) electrons. The van der Waals surface area contributed by atoms with Crippen molar-refractivity contribution in [1.82, 2.24) is 9.97 Å². The lowest BCUT2D eigenvalue weighted by molar-refractivity contribution is 0.468. The van der Waals surface area contributed by atoms with Gasteiger partial charge in [0.25, 0.3) is 0 Å². The topological polar surface area (TPSA) is 35.0 Å². The molecule has 3 aromatic rings. The second-order valence-electron chi connectivity index (χ2n) is 5.13. The van der Waals surface area contributed by atoms with Gasteiger partial charge in [-0.3, -0.25) is 0 Å². The van der Waals surface area contributed by atoms with Crippen molar-refractivity contribution in [3.63, 3.8) is 0 Å². The van der Waals surface area contributed by atoms with Crippen LogP contribution in [0.4, 0.5) is 0 Å². The molecule has 20 heavy (non-hydrogen) atoms. The maximum Gasteiger partial charge on any atom is 0.231 e. The van der Waals surface area contributed by atoms with Gasteiger partial charge in [0.15, 0.2) is 0 Å². The first-order valence-corrected chi connectivity index (χ1v) is 7.63. The minimum absolute atomic E-state index is 0.693. The van der Waals surface area contributed by atoms with Crippen LogP contribution in [0.1, 0.15) is 22.4 Å². The average molecular weight is 282 g/mol. The molecule has 100 valence electrons. The summed E-state index contributed by atoms with van der Waals surface area (Å²) in [5.74, 6) is 1.52. The summed E-state index contributed by atoms with van der Waals surface area (Å²) in [6.45, 7) is 2.07. The zero-order valence-electron chi connectivity index (χ0n) is 11.2. The Kier molecular flexibility index (Phi) is 2.70. The average Bonchev–Trinajstić information content (AvgIpc) is 3.02. The van der Waals surface area contributed by atoms with Crippen LogP contribution in [0, 0.1) is 6.92 Å². The lowest BCUT2D eigenvalue weighted by atomic mass is 10.2. The van der Waals surface area contributed by atoms with E-state index in [1.54, 1.807) is 17.7 Å². The van der Waals surface area contributed by atoms with Gasteiger partial charge < -0.3 is 4.74 Å². The van der Waals surface area contributed by atoms with Crippen molar-refractivity contribution in [2.45, 2.75) is 26.2 Å². The number of thiophene rings is 1. The number of hydrogen-bond donors (Lipinski definition) is 0. The second kappa shape index (κ2) is 4.56. The molecule has 2 heterocycles. The zero-order chi connectivity index (χ0) is 13.5. The fourth-order valence-electron chi connectivity index (χ4n) is 2.69. The van der Waals surface area contributed by atoms with Crippen molar-refractivity contribution in [3.8, 4) is 11.6 Å². The molecule has 0 aliphatic heterocycles. The van der Waals surface area contributed by atoms with Gasteiger partial charge in [0.05, 0.1) is 5.39 Å². The standard InChI is InChI=1S/C16H14N2OS/c1-10-5-7-11(8-6-10)19-15-14-12-3-2-4-13(12)20-16(14)18-9-17-15/h5-9H,2-4H2,1H3. The minimum atomic E-state index is 0.693. The van der Waals surface area contributed by atoms with Crippen molar-refractivity contribution in [3.05, 3.63) is 46.6 Å². The van der Waals surface area contributed by atoms with Crippen molar-refractivity contribution in [2.75, 3.05) is 0 Å². The maximum atomic E-state index is 5.99. The predicted octanol–water partition coefficient (Wildman–Crippen LogP) is 4.28. The van der Waals surface area contributed by atoms with E-state index in [0.29, 0.717) is 5.88 Å². The second-order valence-corrected chi connectivity index (χ2v) is 6.22. The van der Waals surface area contributed by atoms with Crippen LogP contribution in [0.2, 0.25) is 0 Å². The Morgan fingerprint density at radius 1 is 1.10 bits per heavy atom. The van der Waals surface area contributed by atoms with Crippen LogP contribution in [0.3, 0.4) is 0 Å². The highest BCUT2D eigenvalue weighted by atomic mass is 32.1. The minimum Gasteiger partial charge on any atom is -0.438 e. The number of rotatable bonds is 2. The van der Waals surface area contributed by atoms with Gasteiger partial charge in [-0.2, -0.15) is 0 Å². The van der Waals surface area contributed by atoms with Crippen LogP contribution in [0.5, 0.6) is 11.6 Å². The van der Waals surface area contributed by atoms with Crippen LogP contribution in [0.15, 0.2) is 30.6 Å². The largest absolute Gasteiger partial charge is 0.438 e. The van der Waals surface area contributed by atoms with Gasteiger partial charge in [-0.15, -0.1) is 11.3 Å². The molecule has 4 rings (SSSR count). The first-order valence-electron chi connectivity index (χ1n) is 6.81. The number of aromatic nitrogens is 2. The molecule has 4 heteroatoms. The van der Waals surface area contributed by atoms with Crippen LogP contribution in [-0.2, 0) is 12.8 Å². The Morgan fingerprint density at radius 3 is 2.80 bits per heavy atom. The summed E-state index contributed by atoms with van der Waals surface area (Å²) >= 11 is 1.78. The van der Waals surface area contributed by atoms with Gasteiger partial charge in [-0.05, 0) is 43.9 Å². The molecule has 0 atom stereocenters. The molecule has 0 spiro atoms. The van der Waals surface area contributed by atoms with Crippen LogP contribution in [0.25, 0.3) is 10.2 Å². The van der Waals surface area contributed by atoms with Gasteiger partial charge in [-0.1, -0.05) is 17.7 Å². The van der Waals surface area contributed by atoms with Crippen LogP contribution in [-0.4, -0.2) is 9.97 Å². The van der Waals surface area contributed by atoms with E-state index in [1.807, 2.05) is 24.3 Å². The summed E-state index contributed by atoms with van der Waals surface area (Å²) in [6.07, 6.45) is 5.11. The number of aryl methyl sites for hydroxylation is 3. The first kappa shape index (κ1) is 11.9. The number of fused-ring (bicyclic) bond motifs is 3.